The van der Waals surface area contributed by atoms with E-state index in [4.69, 9.17) is 21.4 Å². The average Bonchev–Trinajstić information content (AvgIpc) is 2.71. The van der Waals surface area contributed by atoms with Crippen molar-refractivity contribution in [3.05, 3.63) is 0 Å². The average molecular weight is 321 g/mol. The fourth-order valence-corrected chi connectivity index (χ4v) is 3.12. The van der Waals surface area contributed by atoms with E-state index >= 15 is 0 Å². The maximum absolute atomic E-state index is 12.4. The predicted molar refractivity (Wildman–Crippen MR) is 69.5 cm³/mol. The Morgan fingerprint density at radius 1 is 1.38 bits per heavy atom. The Bertz CT molecular complexity index is 473. The van der Waals surface area contributed by atoms with E-state index in [1.165, 1.54) is 6.92 Å². The van der Waals surface area contributed by atoms with Crippen molar-refractivity contribution < 1.29 is 34.4 Å². The van der Waals surface area contributed by atoms with Crippen molar-refractivity contribution in [2.24, 2.45) is 5.92 Å². The van der Waals surface area contributed by atoms with Crippen molar-refractivity contribution in [1.29, 1.82) is 0 Å². The van der Waals surface area contributed by atoms with Crippen LogP contribution < -0.4 is 0 Å². The summed E-state index contributed by atoms with van der Waals surface area (Å²) >= 11 is 6.11. The zero-order valence-corrected chi connectivity index (χ0v) is 12.2. The highest BCUT2D eigenvalue weighted by atomic mass is 35.5. The lowest BCUT2D eigenvalue weighted by molar-refractivity contribution is -0.205. The standard InChI is InChI=1S/C13H17ClO7/c1-6-7(16)2-12(14,3-8(6)17)11(19)13(20)4-9(18)10(5-15)21-13/h6,9-10,15,18,20H,2-5H2,1H3/t6?,9-,10+,12?,13?/m1/s1. The van der Waals surface area contributed by atoms with Crippen molar-refractivity contribution >= 4 is 29.0 Å². The lowest BCUT2D eigenvalue weighted by atomic mass is 9.76. The number of halogens is 1. The molecule has 2 rings (SSSR count). The van der Waals surface area contributed by atoms with E-state index in [0.29, 0.717) is 0 Å². The molecule has 2 aliphatic rings. The Hall–Kier alpha value is -0.860. The van der Waals surface area contributed by atoms with Gasteiger partial charge in [-0.3, -0.25) is 14.4 Å². The summed E-state index contributed by atoms with van der Waals surface area (Å²) in [6.45, 7) is 0.860. The van der Waals surface area contributed by atoms with Crippen LogP contribution >= 0.6 is 11.6 Å². The number of Topliss-reactive ketones (excluding diaryl/α,β-unsaturated/α-hetero) is 3. The summed E-state index contributed by atoms with van der Waals surface area (Å²) in [5.74, 6) is -5.21. The van der Waals surface area contributed by atoms with Gasteiger partial charge in [0.25, 0.3) is 0 Å². The van der Waals surface area contributed by atoms with Crippen LogP contribution in [0, 0.1) is 5.92 Å². The van der Waals surface area contributed by atoms with Gasteiger partial charge in [-0.2, -0.15) is 0 Å². The van der Waals surface area contributed by atoms with Gasteiger partial charge in [0, 0.05) is 19.3 Å². The van der Waals surface area contributed by atoms with Crippen molar-refractivity contribution in [3.63, 3.8) is 0 Å². The minimum absolute atomic E-state index is 0.383. The molecule has 0 spiro atoms. The summed E-state index contributed by atoms with van der Waals surface area (Å²) < 4.78 is 4.99. The van der Waals surface area contributed by atoms with Crippen LogP contribution in [0.25, 0.3) is 0 Å². The van der Waals surface area contributed by atoms with E-state index < -0.39 is 59.2 Å². The molecule has 0 bridgehead atoms. The molecule has 1 aliphatic carbocycles. The van der Waals surface area contributed by atoms with E-state index in [1.807, 2.05) is 0 Å². The summed E-state index contributed by atoms with van der Waals surface area (Å²) in [7, 11) is 0. The fraction of sp³-hybridized carbons (Fsp3) is 0.769. The van der Waals surface area contributed by atoms with Crippen LogP contribution in [0.3, 0.4) is 0 Å². The summed E-state index contributed by atoms with van der Waals surface area (Å²) in [4.78, 5) is 34.1. The van der Waals surface area contributed by atoms with Gasteiger partial charge in [-0.1, -0.05) is 0 Å². The monoisotopic (exact) mass is 320 g/mol. The third-order valence-corrected chi connectivity index (χ3v) is 4.52. The molecule has 1 aliphatic heterocycles. The SMILES string of the molecule is CC1C(=O)CC(Cl)(C(=O)C2(O)C[C@@H](O)[C@H](CO)O2)CC1=O. The fourth-order valence-electron chi connectivity index (χ4n) is 2.71. The van der Waals surface area contributed by atoms with Crippen LogP contribution in [0.2, 0.25) is 0 Å². The Morgan fingerprint density at radius 2 is 1.90 bits per heavy atom. The zero-order chi connectivity index (χ0) is 16.0. The first-order valence-electron chi connectivity index (χ1n) is 6.61. The van der Waals surface area contributed by atoms with Crippen molar-refractivity contribution in [1.82, 2.24) is 0 Å². The third-order valence-electron chi connectivity index (χ3n) is 4.08. The van der Waals surface area contributed by atoms with Crippen LogP contribution in [-0.4, -0.2) is 62.1 Å². The molecule has 0 aromatic carbocycles. The number of aliphatic hydroxyl groups excluding tert-OH is 2. The van der Waals surface area contributed by atoms with E-state index in [9.17, 15) is 24.6 Å². The van der Waals surface area contributed by atoms with E-state index in [0.717, 1.165) is 0 Å². The first-order chi connectivity index (χ1) is 9.63. The van der Waals surface area contributed by atoms with Gasteiger partial charge >= 0.3 is 0 Å². The van der Waals surface area contributed by atoms with Crippen LogP contribution in [0.5, 0.6) is 0 Å². The number of hydrogen-bond donors (Lipinski definition) is 3. The Morgan fingerprint density at radius 3 is 2.33 bits per heavy atom. The summed E-state index contributed by atoms with van der Waals surface area (Å²) in [6, 6.07) is 0. The van der Waals surface area contributed by atoms with Gasteiger partial charge in [0.15, 0.2) is 0 Å². The highest BCUT2D eigenvalue weighted by Gasteiger charge is 2.59. The molecule has 1 unspecified atom stereocenters. The maximum Gasteiger partial charge on any atom is 0.231 e. The topological polar surface area (TPSA) is 121 Å². The Balaban J connectivity index is 2.23. The number of carbonyl (C=O) groups excluding carboxylic acids is 3. The van der Waals surface area contributed by atoms with Gasteiger partial charge in [0.05, 0.1) is 18.6 Å². The Kier molecular flexibility index (Phi) is 4.25. The van der Waals surface area contributed by atoms with Gasteiger partial charge in [-0.15, -0.1) is 11.6 Å². The van der Waals surface area contributed by atoms with Crippen LogP contribution in [0.1, 0.15) is 26.2 Å². The lowest BCUT2D eigenvalue weighted by Gasteiger charge is -2.35. The van der Waals surface area contributed by atoms with Gasteiger partial charge in [0.1, 0.15) is 22.5 Å². The molecule has 2 fully saturated rings. The largest absolute Gasteiger partial charge is 0.394 e. The normalized spacial score (nSPS) is 44.1. The molecule has 7 nitrogen and oxygen atoms in total. The number of hydrogen-bond acceptors (Lipinski definition) is 7. The molecule has 0 radical (unpaired) electrons. The van der Waals surface area contributed by atoms with Gasteiger partial charge in [-0.05, 0) is 6.92 Å². The second-order valence-electron chi connectivity index (χ2n) is 5.70. The van der Waals surface area contributed by atoms with Crippen LogP contribution in [0.15, 0.2) is 0 Å². The number of aliphatic hydroxyl groups is 3. The number of carbonyl (C=O) groups is 3. The van der Waals surface area contributed by atoms with Crippen LogP contribution in [0.4, 0.5) is 0 Å². The molecule has 0 amide bonds. The minimum atomic E-state index is -2.41. The number of ketones is 3. The lowest BCUT2D eigenvalue weighted by Crippen LogP contribution is -2.55. The number of alkyl halides is 1. The second-order valence-corrected chi connectivity index (χ2v) is 6.42. The minimum Gasteiger partial charge on any atom is -0.394 e. The third kappa shape index (κ3) is 2.76. The second kappa shape index (κ2) is 5.40. The van der Waals surface area contributed by atoms with Crippen LogP contribution in [-0.2, 0) is 19.1 Å². The molecule has 3 N–H and O–H groups in total. The predicted octanol–water partition coefficient (Wildman–Crippen LogP) is -1.07. The highest BCUT2D eigenvalue weighted by molar-refractivity contribution is 6.40. The number of ether oxygens (including phenoxy) is 1. The number of rotatable bonds is 3. The molecular formula is C13H17ClO7. The van der Waals surface area contributed by atoms with Crippen molar-refractivity contribution in [3.8, 4) is 0 Å². The summed E-state index contributed by atoms with van der Waals surface area (Å²) in [6.07, 6.45) is -3.59. The molecule has 21 heavy (non-hydrogen) atoms. The smallest absolute Gasteiger partial charge is 0.231 e. The molecule has 1 saturated carbocycles. The van der Waals surface area contributed by atoms with Crippen molar-refractivity contribution in [2.75, 3.05) is 6.61 Å². The van der Waals surface area contributed by atoms with E-state index in [-0.39, 0.29) is 12.8 Å². The summed E-state index contributed by atoms with van der Waals surface area (Å²) in [5, 5.41) is 28.9. The highest BCUT2D eigenvalue weighted by Crippen LogP contribution is 2.41. The molecule has 8 heteroatoms. The first kappa shape index (κ1) is 16.5. The zero-order valence-electron chi connectivity index (χ0n) is 11.4. The molecule has 1 saturated heterocycles. The molecular weight excluding hydrogens is 304 g/mol. The quantitative estimate of drug-likeness (QED) is 0.447. The molecule has 1 heterocycles. The summed E-state index contributed by atoms with van der Waals surface area (Å²) in [5.41, 5.74) is 0. The van der Waals surface area contributed by atoms with E-state index in [2.05, 4.69) is 0 Å². The van der Waals surface area contributed by atoms with Gasteiger partial charge < -0.3 is 20.1 Å². The van der Waals surface area contributed by atoms with Gasteiger partial charge in [-0.25, -0.2) is 0 Å². The molecule has 118 valence electrons. The van der Waals surface area contributed by atoms with Gasteiger partial charge in [0.2, 0.25) is 11.6 Å². The van der Waals surface area contributed by atoms with Crippen molar-refractivity contribution in [2.45, 2.75) is 49.1 Å². The van der Waals surface area contributed by atoms with E-state index in [1.54, 1.807) is 0 Å². The first-order valence-corrected chi connectivity index (χ1v) is 6.99. The Labute approximate surface area is 125 Å². The molecule has 0 aromatic heterocycles. The maximum atomic E-state index is 12.4. The molecule has 0 aromatic rings. The molecule has 3 atom stereocenters.